The van der Waals surface area contributed by atoms with Crippen LogP contribution in [0.3, 0.4) is 0 Å². The highest BCUT2D eigenvalue weighted by atomic mass is 32.2. The van der Waals surface area contributed by atoms with Gasteiger partial charge in [0.05, 0.1) is 5.75 Å². The van der Waals surface area contributed by atoms with Crippen molar-refractivity contribution in [3.05, 3.63) is 18.2 Å². The second-order valence-electron chi connectivity index (χ2n) is 5.12. The standard InChI is InChI=1S/C13H15N3O4S/c14-8-1-4-10-11(7-8)20-13(16-10)21(18,19)6-5-12(17)15-9-2-3-9/h1,4,7,9H,2-3,5-6,14H2,(H,15,17). The number of oxazole rings is 1. The van der Waals surface area contributed by atoms with Gasteiger partial charge in [-0.3, -0.25) is 4.79 Å². The van der Waals surface area contributed by atoms with Gasteiger partial charge in [-0.15, -0.1) is 0 Å². The van der Waals surface area contributed by atoms with Crippen LogP contribution in [-0.2, 0) is 14.6 Å². The fourth-order valence-corrected chi connectivity index (χ4v) is 2.98. The number of anilines is 1. The van der Waals surface area contributed by atoms with Gasteiger partial charge < -0.3 is 15.5 Å². The number of nitrogen functional groups attached to an aromatic ring is 1. The first-order valence-corrected chi connectivity index (χ1v) is 8.27. The number of carbonyl (C=O) groups is 1. The topological polar surface area (TPSA) is 115 Å². The molecule has 3 rings (SSSR count). The third-order valence-corrected chi connectivity index (χ3v) is 4.65. The molecule has 0 spiro atoms. The Labute approximate surface area is 121 Å². The monoisotopic (exact) mass is 309 g/mol. The van der Waals surface area contributed by atoms with Crippen molar-refractivity contribution in [3.8, 4) is 0 Å². The quantitative estimate of drug-likeness (QED) is 0.791. The maximum atomic E-state index is 12.1. The van der Waals surface area contributed by atoms with Crippen molar-refractivity contribution in [1.82, 2.24) is 10.3 Å². The Morgan fingerprint density at radius 1 is 1.43 bits per heavy atom. The highest BCUT2D eigenvalue weighted by molar-refractivity contribution is 7.91. The smallest absolute Gasteiger partial charge is 0.316 e. The number of sulfone groups is 1. The average molecular weight is 309 g/mol. The zero-order valence-electron chi connectivity index (χ0n) is 11.2. The lowest BCUT2D eigenvalue weighted by Crippen LogP contribution is -2.27. The van der Waals surface area contributed by atoms with Crippen LogP contribution in [0.4, 0.5) is 5.69 Å². The van der Waals surface area contributed by atoms with E-state index in [9.17, 15) is 13.2 Å². The van der Waals surface area contributed by atoms with Crippen LogP contribution in [-0.4, -0.2) is 31.1 Å². The lowest BCUT2D eigenvalue weighted by atomic mass is 10.3. The van der Waals surface area contributed by atoms with E-state index < -0.39 is 9.84 Å². The fraction of sp³-hybridized carbons (Fsp3) is 0.385. The minimum atomic E-state index is -3.72. The minimum Gasteiger partial charge on any atom is -0.428 e. The van der Waals surface area contributed by atoms with Gasteiger partial charge in [0.2, 0.25) is 15.7 Å². The summed E-state index contributed by atoms with van der Waals surface area (Å²) in [7, 11) is -3.72. The first-order chi connectivity index (χ1) is 9.94. The SMILES string of the molecule is Nc1ccc2nc(S(=O)(=O)CCC(=O)NC3CC3)oc2c1. The van der Waals surface area contributed by atoms with Crippen LogP contribution in [0.25, 0.3) is 11.1 Å². The zero-order valence-corrected chi connectivity index (χ0v) is 12.0. The van der Waals surface area contributed by atoms with E-state index in [2.05, 4.69) is 10.3 Å². The molecule has 1 fully saturated rings. The van der Waals surface area contributed by atoms with E-state index in [-0.39, 0.29) is 29.3 Å². The maximum absolute atomic E-state index is 12.1. The number of hydrogen-bond donors (Lipinski definition) is 2. The molecule has 1 aromatic heterocycles. The molecule has 1 saturated carbocycles. The molecule has 21 heavy (non-hydrogen) atoms. The third kappa shape index (κ3) is 3.15. The van der Waals surface area contributed by atoms with Crippen molar-refractivity contribution in [2.24, 2.45) is 0 Å². The summed E-state index contributed by atoms with van der Waals surface area (Å²) in [6.07, 6.45) is 1.83. The van der Waals surface area contributed by atoms with Gasteiger partial charge in [0.1, 0.15) is 5.52 Å². The van der Waals surface area contributed by atoms with Crippen LogP contribution < -0.4 is 11.1 Å². The molecule has 0 unspecified atom stereocenters. The van der Waals surface area contributed by atoms with E-state index in [1.54, 1.807) is 12.1 Å². The van der Waals surface area contributed by atoms with Gasteiger partial charge in [-0.1, -0.05) is 0 Å². The van der Waals surface area contributed by atoms with Gasteiger partial charge in [-0.05, 0) is 25.0 Å². The number of rotatable bonds is 5. The van der Waals surface area contributed by atoms with Crippen LogP contribution in [0.2, 0.25) is 0 Å². The van der Waals surface area contributed by atoms with E-state index >= 15 is 0 Å². The number of benzene rings is 1. The second-order valence-corrected chi connectivity index (χ2v) is 7.10. The van der Waals surface area contributed by atoms with E-state index in [1.165, 1.54) is 6.07 Å². The molecule has 0 radical (unpaired) electrons. The highest BCUT2D eigenvalue weighted by Crippen LogP contribution is 2.22. The van der Waals surface area contributed by atoms with Crippen molar-refractivity contribution in [2.45, 2.75) is 30.5 Å². The summed E-state index contributed by atoms with van der Waals surface area (Å²) in [6, 6.07) is 4.94. The van der Waals surface area contributed by atoms with Crippen LogP contribution in [0.1, 0.15) is 19.3 Å². The molecule has 0 bridgehead atoms. The molecule has 1 heterocycles. The zero-order chi connectivity index (χ0) is 15.0. The third-order valence-electron chi connectivity index (χ3n) is 3.20. The summed E-state index contributed by atoms with van der Waals surface area (Å²) < 4.78 is 29.5. The molecule has 0 aliphatic heterocycles. The van der Waals surface area contributed by atoms with Gasteiger partial charge in [-0.25, -0.2) is 8.42 Å². The molecule has 0 saturated heterocycles. The number of nitrogens with zero attached hydrogens (tertiary/aromatic N) is 1. The molecule has 7 nitrogen and oxygen atoms in total. The number of amides is 1. The highest BCUT2D eigenvalue weighted by Gasteiger charge is 2.26. The van der Waals surface area contributed by atoms with Crippen molar-refractivity contribution in [1.29, 1.82) is 0 Å². The van der Waals surface area contributed by atoms with Gasteiger partial charge in [0.25, 0.3) is 0 Å². The van der Waals surface area contributed by atoms with E-state index in [0.29, 0.717) is 16.8 Å². The lowest BCUT2D eigenvalue weighted by Gasteiger charge is -2.02. The Bertz CT molecular complexity index is 793. The number of hydrogen-bond acceptors (Lipinski definition) is 6. The molecular weight excluding hydrogens is 294 g/mol. The van der Waals surface area contributed by atoms with Crippen LogP contribution in [0.5, 0.6) is 0 Å². The Morgan fingerprint density at radius 3 is 2.90 bits per heavy atom. The summed E-state index contributed by atoms with van der Waals surface area (Å²) in [5.41, 5.74) is 6.80. The molecule has 3 N–H and O–H groups in total. The summed E-state index contributed by atoms with van der Waals surface area (Å²) in [5.74, 6) is -0.588. The van der Waals surface area contributed by atoms with Gasteiger partial charge in [0, 0.05) is 24.2 Å². The number of fused-ring (bicyclic) bond motifs is 1. The van der Waals surface area contributed by atoms with Crippen LogP contribution in [0, 0.1) is 0 Å². The van der Waals surface area contributed by atoms with Gasteiger partial charge in [-0.2, -0.15) is 4.98 Å². The Morgan fingerprint density at radius 2 is 2.19 bits per heavy atom. The fourth-order valence-electron chi connectivity index (χ4n) is 1.89. The van der Waals surface area contributed by atoms with Crippen LogP contribution in [0.15, 0.2) is 27.8 Å². The number of nitrogens with one attached hydrogen (secondary N) is 1. The molecular formula is C13H15N3O4S. The molecule has 1 aromatic carbocycles. The largest absolute Gasteiger partial charge is 0.428 e. The first-order valence-electron chi connectivity index (χ1n) is 6.62. The molecule has 112 valence electrons. The molecule has 1 amide bonds. The minimum absolute atomic E-state index is 0.0975. The first kappa shape index (κ1) is 13.9. The summed E-state index contributed by atoms with van der Waals surface area (Å²) in [4.78, 5) is 15.5. The second kappa shape index (κ2) is 5.03. The van der Waals surface area contributed by atoms with Crippen molar-refractivity contribution in [3.63, 3.8) is 0 Å². The van der Waals surface area contributed by atoms with Gasteiger partial charge in [0.15, 0.2) is 5.58 Å². The number of aromatic nitrogens is 1. The van der Waals surface area contributed by atoms with Crippen LogP contribution >= 0.6 is 0 Å². The molecule has 1 aliphatic carbocycles. The van der Waals surface area contributed by atoms with Crippen molar-refractivity contribution < 1.29 is 17.6 Å². The van der Waals surface area contributed by atoms with E-state index in [1.807, 2.05) is 0 Å². The molecule has 2 aromatic rings. The van der Waals surface area contributed by atoms with Crippen molar-refractivity contribution >= 4 is 32.5 Å². The predicted molar refractivity (Wildman–Crippen MR) is 76.3 cm³/mol. The maximum Gasteiger partial charge on any atom is 0.316 e. The molecule has 0 atom stereocenters. The lowest BCUT2D eigenvalue weighted by molar-refractivity contribution is -0.120. The number of nitrogens with two attached hydrogens (primary N) is 1. The summed E-state index contributed by atoms with van der Waals surface area (Å²) >= 11 is 0. The van der Waals surface area contributed by atoms with E-state index in [4.69, 9.17) is 10.2 Å². The Balaban J connectivity index is 1.74. The van der Waals surface area contributed by atoms with Crippen molar-refractivity contribution in [2.75, 3.05) is 11.5 Å². The normalized spacial score (nSPS) is 15.2. The predicted octanol–water partition coefficient (Wildman–Crippen LogP) is 0.852. The average Bonchev–Trinajstić information content (AvgIpc) is 3.12. The summed E-state index contributed by atoms with van der Waals surface area (Å²) in [6.45, 7) is 0. The van der Waals surface area contributed by atoms with Gasteiger partial charge >= 0.3 is 5.22 Å². The summed E-state index contributed by atoms with van der Waals surface area (Å²) in [5, 5.41) is 2.37. The number of carbonyl (C=O) groups excluding carboxylic acids is 1. The Hall–Kier alpha value is -2.09. The molecule has 1 aliphatic rings. The molecule has 8 heteroatoms. The van der Waals surface area contributed by atoms with E-state index in [0.717, 1.165) is 12.8 Å². The Kier molecular flexibility index (Phi) is 3.32.